The fourth-order valence-electron chi connectivity index (χ4n) is 0.626. The Morgan fingerprint density at radius 1 is 1.57 bits per heavy atom. The summed E-state index contributed by atoms with van der Waals surface area (Å²) in [5.74, 6) is -1.12. The first kappa shape index (κ1) is 13.6. The lowest BCUT2D eigenvalue weighted by molar-refractivity contribution is -0.169. The highest BCUT2D eigenvalue weighted by atomic mass is 32.2. The molecule has 1 N–H and O–H groups in total. The number of carbonyl (C=O) groups is 1. The predicted octanol–water partition coefficient (Wildman–Crippen LogP) is 2.12. The van der Waals surface area contributed by atoms with Crippen LogP contribution in [0.3, 0.4) is 0 Å². The van der Waals surface area contributed by atoms with Gasteiger partial charge in [-0.25, -0.2) is 0 Å². The van der Waals surface area contributed by atoms with Crippen LogP contribution in [0.2, 0.25) is 0 Å². The van der Waals surface area contributed by atoms with Crippen LogP contribution in [0.5, 0.6) is 0 Å². The van der Waals surface area contributed by atoms with E-state index in [1.807, 2.05) is 0 Å². The highest BCUT2D eigenvalue weighted by molar-refractivity contribution is 7.99. The molecule has 0 saturated carbocycles. The van der Waals surface area contributed by atoms with Crippen molar-refractivity contribution in [2.75, 3.05) is 12.5 Å². The van der Waals surface area contributed by atoms with Crippen LogP contribution in [0.1, 0.15) is 13.3 Å². The molecule has 0 aliphatic carbocycles. The highest BCUT2D eigenvalue weighted by Crippen LogP contribution is 2.18. The van der Waals surface area contributed by atoms with Crippen LogP contribution < -0.4 is 0 Å². The molecule has 0 heterocycles. The number of aliphatic carboxylic acids is 1. The molecule has 0 spiro atoms. The zero-order valence-electron chi connectivity index (χ0n) is 7.50. The van der Waals surface area contributed by atoms with Gasteiger partial charge in [0.1, 0.15) is 6.61 Å². The standard InChI is InChI=1S/C7H11F3O3S/c1-5(2-6(11)12)14-4-13-3-7(8,9)10/h5H,2-4H2,1H3,(H,11,12). The average molecular weight is 232 g/mol. The van der Waals surface area contributed by atoms with Gasteiger partial charge in [-0.3, -0.25) is 4.79 Å². The molecule has 0 amide bonds. The van der Waals surface area contributed by atoms with Gasteiger partial charge in [0, 0.05) is 5.25 Å². The number of carboxylic acids is 1. The Kier molecular flexibility index (Phi) is 5.94. The number of hydrogen-bond donors (Lipinski definition) is 1. The van der Waals surface area contributed by atoms with Crippen LogP contribution >= 0.6 is 11.8 Å². The van der Waals surface area contributed by atoms with E-state index in [-0.39, 0.29) is 17.6 Å². The van der Waals surface area contributed by atoms with Gasteiger partial charge in [-0.15, -0.1) is 11.8 Å². The van der Waals surface area contributed by atoms with Gasteiger partial charge in [-0.05, 0) is 0 Å². The Labute approximate surface area is 83.6 Å². The summed E-state index contributed by atoms with van der Waals surface area (Å²) < 4.78 is 39.0. The minimum atomic E-state index is -4.32. The van der Waals surface area contributed by atoms with Crippen molar-refractivity contribution in [1.82, 2.24) is 0 Å². The highest BCUT2D eigenvalue weighted by Gasteiger charge is 2.27. The monoisotopic (exact) mass is 232 g/mol. The molecular weight excluding hydrogens is 221 g/mol. The SMILES string of the molecule is CC(CC(=O)O)SCOCC(F)(F)F. The Morgan fingerprint density at radius 2 is 2.14 bits per heavy atom. The zero-order chi connectivity index (χ0) is 11.2. The summed E-state index contributed by atoms with van der Waals surface area (Å²) >= 11 is 1.04. The molecule has 1 atom stereocenters. The van der Waals surface area contributed by atoms with E-state index in [1.165, 1.54) is 0 Å². The van der Waals surface area contributed by atoms with Gasteiger partial charge in [0.05, 0.1) is 12.4 Å². The van der Waals surface area contributed by atoms with Gasteiger partial charge >= 0.3 is 12.1 Å². The van der Waals surface area contributed by atoms with E-state index >= 15 is 0 Å². The maximum Gasteiger partial charge on any atom is 0.411 e. The Morgan fingerprint density at radius 3 is 2.57 bits per heavy atom. The first-order valence-electron chi connectivity index (χ1n) is 3.79. The van der Waals surface area contributed by atoms with E-state index in [0.717, 1.165) is 11.8 Å². The third kappa shape index (κ3) is 9.66. The lowest BCUT2D eigenvalue weighted by atomic mass is 10.3. The minimum absolute atomic E-state index is 0.0833. The molecule has 7 heteroatoms. The number of ether oxygens (including phenoxy) is 1. The van der Waals surface area contributed by atoms with E-state index < -0.39 is 18.8 Å². The number of hydrogen-bond acceptors (Lipinski definition) is 3. The number of rotatable bonds is 6. The first-order valence-corrected chi connectivity index (χ1v) is 4.84. The lowest BCUT2D eigenvalue weighted by Crippen LogP contribution is -2.17. The quantitative estimate of drug-likeness (QED) is 0.563. The molecule has 0 aromatic carbocycles. The zero-order valence-corrected chi connectivity index (χ0v) is 8.32. The second kappa shape index (κ2) is 6.13. The third-order valence-electron chi connectivity index (χ3n) is 1.16. The first-order chi connectivity index (χ1) is 6.31. The number of halogens is 3. The lowest BCUT2D eigenvalue weighted by Gasteiger charge is -2.10. The fraction of sp³-hybridized carbons (Fsp3) is 0.857. The van der Waals surface area contributed by atoms with Crippen LogP contribution in [-0.2, 0) is 9.53 Å². The summed E-state index contributed by atoms with van der Waals surface area (Å²) in [7, 11) is 0. The van der Waals surface area contributed by atoms with Crippen LogP contribution in [0.4, 0.5) is 13.2 Å². The van der Waals surface area contributed by atoms with Gasteiger partial charge in [-0.2, -0.15) is 13.2 Å². The molecule has 84 valence electrons. The summed E-state index contributed by atoms with van der Waals surface area (Å²) in [5.41, 5.74) is 0. The summed E-state index contributed by atoms with van der Waals surface area (Å²) in [6.45, 7) is 0.329. The van der Waals surface area contributed by atoms with Gasteiger partial charge in [-0.1, -0.05) is 6.92 Å². The Hall–Kier alpha value is -0.430. The average Bonchev–Trinajstić information content (AvgIpc) is 1.95. The van der Waals surface area contributed by atoms with Crippen LogP contribution in [0.15, 0.2) is 0 Å². The predicted molar refractivity (Wildman–Crippen MR) is 46.2 cm³/mol. The van der Waals surface area contributed by atoms with Crippen molar-refractivity contribution in [1.29, 1.82) is 0 Å². The minimum Gasteiger partial charge on any atom is -0.481 e. The molecule has 0 aliphatic heterocycles. The van der Waals surface area contributed by atoms with Crippen molar-refractivity contribution in [2.24, 2.45) is 0 Å². The van der Waals surface area contributed by atoms with E-state index in [4.69, 9.17) is 5.11 Å². The van der Waals surface area contributed by atoms with E-state index in [0.29, 0.717) is 0 Å². The number of carboxylic acid groups (broad SMARTS) is 1. The van der Waals surface area contributed by atoms with Crippen molar-refractivity contribution in [3.63, 3.8) is 0 Å². The Balaban J connectivity index is 3.41. The fourth-order valence-corrected chi connectivity index (χ4v) is 1.30. The largest absolute Gasteiger partial charge is 0.481 e. The third-order valence-corrected chi connectivity index (χ3v) is 2.20. The second-order valence-electron chi connectivity index (χ2n) is 2.66. The van der Waals surface area contributed by atoms with Crippen molar-refractivity contribution in [3.8, 4) is 0 Å². The van der Waals surface area contributed by atoms with E-state index in [9.17, 15) is 18.0 Å². The number of thioether (sulfide) groups is 1. The summed E-state index contributed by atoms with van der Waals surface area (Å²) in [6.07, 6.45) is -4.41. The molecule has 0 aromatic rings. The number of alkyl halides is 3. The molecule has 0 radical (unpaired) electrons. The van der Waals surface area contributed by atoms with Gasteiger partial charge < -0.3 is 9.84 Å². The van der Waals surface area contributed by atoms with Crippen LogP contribution in [0, 0.1) is 0 Å². The van der Waals surface area contributed by atoms with Crippen molar-refractivity contribution in [3.05, 3.63) is 0 Å². The normalized spacial score (nSPS) is 14.0. The van der Waals surface area contributed by atoms with Gasteiger partial charge in [0.2, 0.25) is 0 Å². The second-order valence-corrected chi connectivity index (χ2v) is 4.03. The summed E-state index contributed by atoms with van der Waals surface area (Å²) in [4.78, 5) is 10.2. The van der Waals surface area contributed by atoms with Crippen molar-refractivity contribution in [2.45, 2.75) is 24.8 Å². The van der Waals surface area contributed by atoms with Crippen molar-refractivity contribution >= 4 is 17.7 Å². The van der Waals surface area contributed by atoms with Crippen LogP contribution in [-0.4, -0.2) is 35.0 Å². The topological polar surface area (TPSA) is 46.5 Å². The van der Waals surface area contributed by atoms with Gasteiger partial charge in [0.15, 0.2) is 0 Å². The molecular formula is C7H11F3O3S. The molecule has 0 aliphatic rings. The van der Waals surface area contributed by atoms with E-state index in [2.05, 4.69) is 4.74 Å². The van der Waals surface area contributed by atoms with Crippen LogP contribution in [0.25, 0.3) is 0 Å². The van der Waals surface area contributed by atoms with Gasteiger partial charge in [0.25, 0.3) is 0 Å². The maximum atomic E-state index is 11.6. The molecule has 3 nitrogen and oxygen atoms in total. The summed E-state index contributed by atoms with van der Waals surface area (Å²) in [5, 5.41) is 8.09. The summed E-state index contributed by atoms with van der Waals surface area (Å²) in [6, 6.07) is 0. The molecule has 0 bridgehead atoms. The molecule has 0 rings (SSSR count). The molecule has 1 unspecified atom stereocenters. The van der Waals surface area contributed by atoms with E-state index in [1.54, 1.807) is 6.92 Å². The molecule has 0 aromatic heterocycles. The smallest absolute Gasteiger partial charge is 0.411 e. The van der Waals surface area contributed by atoms with Crippen molar-refractivity contribution < 1.29 is 27.8 Å². The molecule has 0 fully saturated rings. The Bertz CT molecular complexity index is 184. The maximum absolute atomic E-state index is 11.6. The molecule has 14 heavy (non-hydrogen) atoms. The molecule has 0 saturated heterocycles.